The van der Waals surface area contributed by atoms with Crippen LogP contribution in [-0.4, -0.2) is 6.04 Å². The molecule has 3 N–H and O–H groups in total. The molecule has 0 amide bonds. The smallest absolute Gasteiger partial charge is 0.0238 e. The van der Waals surface area contributed by atoms with Crippen LogP contribution < -0.4 is 11.3 Å². The summed E-state index contributed by atoms with van der Waals surface area (Å²) in [5.41, 5.74) is 3.06. The van der Waals surface area contributed by atoms with Crippen molar-refractivity contribution >= 4 is 0 Å². The molecular formula is C16H36N2. The Balaban J connectivity index is 3.71. The predicted molar refractivity (Wildman–Crippen MR) is 82.4 cm³/mol. The van der Waals surface area contributed by atoms with Crippen molar-refractivity contribution in [2.24, 2.45) is 11.8 Å². The normalized spacial score (nSPS) is 14.7. The highest BCUT2D eigenvalue weighted by Crippen LogP contribution is 2.21. The summed E-state index contributed by atoms with van der Waals surface area (Å²) in [6, 6.07) is 0.535. The molecule has 0 aliphatic carbocycles. The van der Waals surface area contributed by atoms with Crippen molar-refractivity contribution in [2.75, 3.05) is 0 Å². The lowest BCUT2D eigenvalue weighted by atomic mass is 9.88. The van der Waals surface area contributed by atoms with Crippen molar-refractivity contribution in [3.05, 3.63) is 0 Å². The molecule has 18 heavy (non-hydrogen) atoms. The van der Waals surface area contributed by atoms with Crippen LogP contribution >= 0.6 is 0 Å². The lowest BCUT2D eigenvalue weighted by Crippen LogP contribution is -2.40. The molecular weight excluding hydrogens is 220 g/mol. The van der Waals surface area contributed by atoms with Crippen molar-refractivity contribution in [2.45, 2.75) is 97.4 Å². The van der Waals surface area contributed by atoms with Crippen LogP contribution in [0.4, 0.5) is 0 Å². The summed E-state index contributed by atoms with van der Waals surface area (Å²) in [6.07, 6.45) is 14.7. The van der Waals surface area contributed by atoms with Crippen molar-refractivity contribution in [1.82, 2.24) is 5.43 Å². The quantitative estimate of drug-likeness (QED) is 0.282. The Morgan fingerprint density at radius 2 is 1.39 bits per heavy atom. The van der Waals surface area contributed by atoms with Gasteiger partial charge in [0.15, 0.2) is 0 Å². The molecule has 0 aromatic carbocycles. The van der Waals surface area contributed by atoms with Crippen molar-refractivity contribution < 1.29 is 0 Å². The fourth-order valence-corrected chi connectivity index (χ4v) is 2.76. The van der Waals surface area contributed by atoms with Crippen LogP contribution in [0.15, 0.2) is 0 Å². The Morgan fingerprint density at radius 1 is 0.778 bits per heavy atom. The molecule has 0 aromatic rings. The summed E-state index contributed by atoms with van der Waals surface area (Å²) >= 11 is 0. The van der Waals surface area contributed by atoms with Gasteiger partial charge in [-0.1, -0.05) is 78.6 Å². The van der Waals surface area contributed by atoms with Crippen molar-refractivity contribution in [3.63, 3.8) is 0 Å². The molecule has 0 spiro atoms. The molecule has 0 heterocycles. The Kier molecular flexibility index (Phi) is 13.3. The van der Waals surface area contributed by atoms with E-state index >= 15 is 0 Å². The van der Waals surface area contributed by atoms with Crippen molar-refractivity contribution in [1.29, 1.82) is 0 Å². The molecule has 2 heteroatoms. The first kappa shape index (κ1) is 17.9. The highest BCUT2D eigenvalue weighted by molar-refractivity contribution is 4.73. The average Bonchev–Trinajstić information content (AvgIpc) is 2.40. The standard InChI is InChI=1S/C16H36N2/c1-4-7-9-10-11-12-14-16(18-17)15(6-3)13-8-5-2/h15-16,18H,4-14,17H2,1-3H3. The lowest BCUT2D eigenvalue weighted by Gasteiger charge is -2.25. The monoisotopic (exact) mass is 256 g/mol. The highest BCUT2D eigenvalue weighted by atomic mass is 15.2. The summed E-state index contributed by atoms with van der Waals surface area (Å²) in [5.74, 6) is 6.50. The van der Waals surface area contributed by atoms with E-state index in [9.17, 15) is 0 Å². The first-order chi connectivity index (χ1) is 8.79. The molecule has 0 saturated carbocycles. The number of hydrazine groups is 1. The van der Waals surface area contributed by atoms with E-state index in [4.69, 9.17) is 5.84 Å². The third-order valence-electron chi connectivity index (χ3n) is 4.10. The van der Waals surface area contributed by atoms with Gasteiger partial charge in [0, 0.05) is 6.04 Å². The number of rotatable bonds is 13. The maximum Gasteiger partial charge on any atom is 0.0238 e. The minimum Gasteiger partial charge on any atom is -0.271 e. The summed E-state index contributed by atoms with van der Waals surface area (Å²) in [7, 11) is 0. The maximum atomic E-state index is 5.73. The molecule has 0 aromatic heterocycles. The maximum absolute atomic E-state index is 5.73. The van der Waals surface area contributed by atoms with Gasteiger partial charge in [0.25, 0.3) is 0 Å². The van der Waals surface area contributed by atoms with Crippen LogP contribution in [-0.2, 0) is 0 Å². The Bertz CT molecular complexity index is 159. The largest absolute Gasteiger partial charge is 0.271 e. The first-order valence-corrected chi connectivity index (χ1v) is 8.26. The van der Waals surface area contributed by atoms with E-state index in [0.29, 0.717) is 6.04 Å². The van der Waals surface area contributed by atoms with Gasteiger partial charge < -0.3 is 0 Å². The zero-order valence-corrected chi connectivity index (χ0v) is 13.0. The van der Waals surface area contributed by atoms with E-state index < -0.39 is 0 Å². The molecule has 2 nitrogen and oxygen atoms in total. The topological polar surface area (TPSA) is 38.0 Å². The van der Waals surface area contributed by atoms with E-state index in [1.807, 2.05) is 0 Å². The SMILES string of the molecule is CCCCCCCCC(NN)C(CC)CCCC. The van der Waals surface area contributed by atoms with Gasteiger partial charge in [-0.3, -0.25) is 11.3 Å². The molecule has 2 atom stereocenters. The van der Waals surface area contributed by atoms with Crippen LogP contribution in [0.2, 0.25) is 0 Å². The molecule has 0 saturated heterocycles. The zero-order chi connectivity index (χ0) is 13.6. The molecule has 0 fully saturated rings. The molecule has 0 rings (SSSR count). The Labute approximate surface area is 115 Å². The lowest BCUT2D eigenvalue weighted by molar-refractivity contribution is 0.298. The van der Waals surface area contributed by atoms with Crippen LogP contribution in [0, 0.1) is 5.92 Å². The first-order valence-electron chi connectivity index (χ1n) is 8.26. The molecule has 110 valence electrons. The van der Waals surface area contributed by atoms with Gasteiger partial charge in [0.05, 0.1) is 0 Å². The van der Waals surface area contributed by atoms with Crippen LogP contribution in [0.5, 0.6) is 0 Å². The zero-order valence-electron chi connectivity index (χ0n) is 13.0. The Morgan fingerprint density at radius 3 is 1.94 bits per heavy atom. The Hall–Kier alpha value is -0.0800. The van der Waals surface area contributed by atoms with Crippen LogP contribution in [0.3, 0.4) is 0 Å². The number of nitrogens with one attached hydrogen (secondary N) is 1. The molecule has 0 radical (unpaired) electrons. The molecule has 0 aliphatic rings. The van der Waals surface area contributed by atoms with E-state index in [-0.39, 0.29) is 0 Å². The van der Waals surface area contributed by atoms with Crippen molar-refractivity contribution in [3.8, 4) is 0 Å². The number of unbranched alkanes of at least 4 members (excludes halogenated alkanes) is 6. The minimum absolute atomic E-state index is 0.535. The van der Waals surface area contributed by atoms with Gasteiger partial charge in [-0.25, -0.2) is 0 Å². The molecule has 2 unspecified atom stereocenters. The van der Waals surface area contributed by atoms with E-state index in [1.165, 1.54) is 70.6 Å². The van der Waals surface area contributed by atoms with Gasteiger partial charge in [0.1, 0.15) is 0 Å². The summed E-state index contributed by atoms with van der Waals surface area (Å²) in [5, 5.41) is 0. The van der Waals surface area contributed by atoms with Gasteiger partial charge in [-0.15, -0.1) is 0 Å². The second kappa shape index (κ2) is 13.4. The third-order valence-corrected chi connectivity index (χ3v) is 4.10. The van der Waals surface area contributed by atoms with Gasteiger partial charge in [-0.2, -0.15) is 0 Å². The van der Waals surface area contributed by atoms with Gasteiger partial charge >= 0.3 is 0 Å². The highest BCUT2D eigenvalue weighted by Gasteiger charge is 2.17. The fourth-order valence-electron chi connectivity index (χ4n) is 2.76. The fraction of sp³-hybridized carbons (Fsp3) is 1.00. The third kappa shape index (κ3) is 8.93. The van der Waals surface area contributed by atoms with E-state index in [2.05, 4.69) is 26.2 Å². The summed E-state index contributed by atoms with van der Waals surface area (Å²) in [4.78, 5) is 0. The minimum atomic E-state index is 0.535. The predicted octanol–water partition coefficient (Wildman–Crippen LogP) is 4.79. The molecule has 0 aliphatic heterocycles. The average molecular weight is 256 g/mol. The number of hydrogen-bond acceptors (Lipinski definition) is 2. The van der Waals surface area contributed by atoms with Crippen LogP contribution in [0.25, 0.3) is 0 Å². The van der Waals surface area contributed by atoms with E-state index in [0.717, 1.165) is 5.92 Å². The van der Waals surface area contributed by atoms with Crippen LogP contribution in [0.1, 0.15) is 91.4 Å². The second-order valence-electron chi connectivity index (χ2n) is 5.64. The number of hydrogen-bond donors (Lipinski definition) is 2. The number of nitrogens with two attached hydrogens (primary N) is 1. The summed E-state index contributed by atoms with van der Waals surface area (Å²) in [6.45, 7) is 6.84. The summed E-state index contributed by atoms with van der Waals surface area (Å²) < 4.78 is 0. The molecule has 0 bridgehead atoms. The van der Waals surface area contributed by atoms with Gasteiger partial charge in [-0.05, 0) is 18.8 Å². The second-order valence-corrected chi connectivity index (χ2v) is 5.64. The van der Waals surface area contributed by atoms with E-state index in [1.54, 1.807) is 0 Å². The van der Waals surface area contributed by atoms with Gasteiger partial charge in [0.2, 0.25) is 0 Å².